The predicted molar refractivity (Wildman–Crippen MR) is 129 cm³/mol. The van der Waals surface area contributed by atoms with Crippen molar-refractivity contribution < 1.29 is 14.3 Å². The number of anilines is 1. The van der Waals surface area contributed by atoms with Crippen molar-refractivity contribution in [3.8, 4) is 11.3 Å². The minimum Gasteiger partial charge on any atom is -0.478 e. The molecule has 0 amide bonds. The van der Waals surface area contributed by atoms with E-state index in [2.05, 4.69) is 21.4 Å². The van der Waals surface area contributed by atoms with Crippen molar-refractivity contribution in [1.82, 2.24) is 9.97 Å². The van der Waals surface area contributed by atoms with Crippen LogP contribution in [0.2, 0.25) is 0 Å². The van der Waals surface area contributed by atoms with Crippen molar-refractivity contribution in [2.24, 2.45) is 0 Å². The minimum absolute atomic E-state index is 0.272. The van der Waals surface area contributed by atoms with E-state index in [0.29, 0.717) is 12.1 Å². The summed E-state index contributed by atoms with van der Waals surface area (Å²) in [5.74, 6) is 0.734. The van der Waals surface area contributed by atoms with Gasteiger partial charge in [-0.1, -0.05) is 38.1 Å². The first kappa shape index (κ1) is 21.9. The third kappa shape index (κ3) is 4.78. The molecule has 7 heteroatoms. The highest BCUT2D eigenvalue weighted by Crippen LogP contribution is 2.31. The van der Waals surface area contributed by atoms with E-state index in [1.54, 1.807) is 12.1 Å². The number of benzene rings is 2. The van der Waals surface area contributed by atoms with Gasteiger partial charge >= 0.3 is 5.97 Å². The Hall–Kier alpha value is -3.32. The van der Waals surface area contributed by atoms with Crippen LogP contribution in [0.15, 0.2) is 64.2 Å². The number of aryl methyl sites for hydroxylation is 1. The fraction of sp³-hybridized carbons (Fsp3) is 0.240. The van der Waals surface area contributed by atoms with Gasteiger partial charge in [0.25, 0.3) is 0 Å². The summed E-state index contributed by atoms with van der Waals surface area (Å²) >= 11 is 1.53. The highest BCUT2D eigenvalue weighted by molar-refractivity contribution is 8.00. The van der Waals surface area contributed by atoms with Gasteiger partial charge in [0.15, 0.2) is 0 Å². The van der Waals surface area contributed by atoms with E-state index in [9.17, 15) is 9.90 Å². The molecule has 0 atom stereocenters. The highest BCUT2D eigenvalue weighted by Gasteiger charge is 2.14. The van der Waals surface area contributed by atoms with E-state index >= 15 is 0 Å². The number of fused-ring (bicyclic) bond motifs is 1. The summed E-state index contributed by atoms with van der Waals surface area (Å²) in [6, 6.07) is 15.3. The Kier molecular flexibility index (Phi) is 6.46. The van der Waals surface area contributed by atoms with Crippen LogP contribution in [-0.2, 0) is 6.42 Å². The van der Waals surface area contributed by atoms with Gasteiger partial charge < -0.3 is 14.8 Å². The zero-order chi connectivity index (χ0) is 22.7. The van der Waals surface area contributed by atoms with Crippen molar-refractivity contribution in [1.29, 1.82) is 0 Å². The normalized spacial score (nSPS) is 11.2. The Morgan fingerprint density at radius 1 is 1.16 bits per heavy atom. The van der Waals surface area contributed by atoms with Crippen molar-refractivity contribution in [3.63, 3.8) is 0 Å². The van der Waals surface area contributed by atoms with E-state index in [1.165, 1.54) is 23.7 Å². The molecule has 0 spiro atoms. The van der Waals surface area contributed by atoms with E-state index in [4.69, 9.17) is 4.42 Å². The van der Waals surface area contributed by atoms with Crippen LogP contribution >= 0.6 is 11.8 Å². The first-order valence-electron chi connectivity index (χ1n) is 10.5. The topological polar surface area (TPSA) is 88.2 Å². The number of aromatic carboxylic acids is 1. The number of nitrogens with zero attached hydrogens (tertiary/aromatic N) is 2. The number of furan rings is 1. The monoisotopic (exact) mass is 447 g/mol. The van der Waals surface area contributed by atoms with Crippen molar-refractivity contribution >= 4 is 34.5 Å². The molecule has 0 fully saturated rings. The maximum Gasteiger partial charge on any atom is 0.336 e. The number of thioether (sulfide) groups is 1. The number of carboxylic acids is 1. The molecule has 0 unspecified atom stereocenters. The average molecular weight is 448 g/mol. The van der Waals surface area contributed by atoms with Gasteiger partial charge in [0.1, 0.15) is 23.5 Å². The summed E-state index contributed by atoms with van der Waals surface area (Å²) in [5, 5.41) is 14.3. The van der Waals surface area contributed by atoms with Crippen molar-refractivity contribution in [2.75, 3.05) is 11.9 Å². The maximum absolute atomic E-state index is 11.6. The second-order valence-electron chi connectivity index (χ2n) is 7.78. The number of rotatable bonds is 8. The van der Waals surface area contributed by atoms with Crippen LogP contribution in [0.3, 0.4) is 0 Å². The quantitative estimate of drug-likeness (QED) is 0.318. The molecule has 164 valence electrons. The molecule has 4 rings (SSSR count). The van der Waals surface area contributed by atoms with E-state index in [1.807, 2.05) is 51.1 Å². The molecule has 0 radical (unpaired) electrons. The molecule has 4 aromatic rings. The van der Waals surface area contributed by atoms with E-state index in [-0.39, 0.29) is 5.25 Å². The molecule has 0 bridgehead atoms. The Morgan fingerprint density at radius 3 is 2.75 bits per heavy atom. The number of nitrogens with one attached hydrogen (secondary N) is 1. The molecule has 0 aliphatic heterocycles. The highest BCUT2D eigenvalue weighted by atomic mass is 32.2. The van der Waals surface area contributed by atoms with Gasteiger partial charge in [0.2, 0.25) is 0 Å². The second-order valence-corrected chi connectivity index (χ2v) is 9.40. The molecule has 2 aromatic carbocycles. The SMILES string of the molecule is Cc1oc2ccccc2c1CCNc1cc(-c2ccc(C(=O)O)c(SC(C)C)c2)ncn1. The maximum atomic E-state index is 11.6. The van der Waals surface area contributed by atoms with Crippen LogP contribution in [0.1, 0.15) is 35.5 Å². The summed E-state index contributed by atoms with van der Waals surface area (Å²) in [4.78, 5) is 21.0. The Balaban J connectivity index is 1.51. The zero-order valence-corrected chi connectivity index (χ0v) is 19.1. The number of hydrogen-bond donors (Lipinski definition) is 2. The number of carbonyl (C=O) groups is 1. The average Bonchev–Trinajstić information content (AvgIpc) is 3.08. The molecule has 0 saturated heterocycles. The summed E-state index contributed by atoms with van der Waals surface area (Å²) in [7, 11) is 0. The number of hydrogen-bond acceptors (Lipinski definition) is 6. The largest absolute Gasteiger partial charge is 0.478 e. The van der Waals surface area contributed by atoms with Crippen LogP contribution in [0, 0.1) is 6.92 Å². The van der Waals surface area contributed by atoms with E-state index in [0.717, 1.165) is 45.1 Å². The molecule has 2 heterocycles. The van der Waals surface area contributed by atoms with E-state index < -0.39 is 5.97 Å². The lowest BCUT2D eigenvalue weighted by atomic mass is 10.1. The molecule has 32 heavy (non-hydrogen) atoms. The third-order valence-electron chi connectivity index (χ3n) is 5.12. The Morgan fingerprint density at radius 2 is 1.97 bits per heavy atom. The van der Waals surface area contributed by atoms with Gasteiger partial charge in [0.05, 0.1) is 11.3 Å². The van der Waals surface area contributed by atoms with Gasteiger partial charge in [0, 0.05) is 39.3 Å². The molecule has 2 N–H and O–H groups in total. The fourth-order valence-corrected chi connectivity index (χ4v) is 4.65. The summed E-state index contributed by atoms with van der Waals surface area (Å²) in [5.41, 5.74) is 4.02. The lowest BCUT2D eigenvalue weighted by Crippen LogP contribution is -2.07. The van der Waals surface area contributed by atoms with Crippen LogP contribution in [-0.4, -0.2) is 32.8 Å². The minimum atomic E-state index is -0.924. The fourth-order valence-electron chi connectivity index (χ4n) is 3.67. The smallest absolute Gasteiger partial charge is 0.336 e. The number of para-hydroxylation sites is 1. The molecule has 2 aromatic heterocycles. The first-order chi connectivity index (χ1) is 15.4. The van der Waals surface area contributed by atoms with Gasteiger partial charge in [-0.15, -0.1) is 11.8 Å². The second kappa shape index (κ2) is 9.44. The molecular formula is C25H25N3O3S. The molecule has 0 saturated carbocycles. The van der Waals surface area contributed by atoms with Gasteiger partial charge in [-0.05, 0) is 31.5 Å². The lowest BCUT2D eigenvalue weighted by Gasteiger charge is -2.11. The van der Waals surface area contributed by atoms with Crippen molar-refractivity contribution in [3.05, 3.63) is 71.7 Å². The standard InChI is InChI=1S/C25H25N3O3S/c1-15(2)32-23-12-17(8-9-20(23)25(29)30)21-13-24(28-14-27-21)26-11-10-18-16(3)31-22-7-5-4-6-19(18)22/h4-9,12-15H,10-11H2,1-3H3,(H,29,30)(H,26,27,28). The van der Waals surface area contributed by atoms with Crippen LogP contribution in [0.5, 0.6) is 0 Å². The Labute approximate surface area is 191 Å². The Bertz CT molecular complexity index is 1270. The lowest BCUT2D eigenvalue weighted by molar-refractivity contribution is 0.0693. The summed E-state index contributed by atoms with van der Waals surface area (Å²) < 4.78 is 5.85. The van der Waals surface area contributed by atoms with Crippen LogP contribution in [0.4, 0.5) is 5.82 Å². The van der Waals surface area contributed by atoms with Gasteiger partial charge in [-0.25, -0.2) is 14.8 Å². The molecule has 0 aliphatic carbocycles. The molecule has 0 aliphatic rings. The summed E-state index contributed by atoms with van der Waals surface area (Å²) in [6.45, 7) is 6.78. The van der Waals surface area contributed by atoms with Crippen LogP contribution in [0.25, 0.3) is 22.2 Å². The molecular weight excluding hydrogens is 422 g/mol. The number of carboxylic acid groups (broad SMARTS) is 1. The predicted octanol–water partition coefficient (Wildman–Crippen LogP) is 6.05. The molecule has 6 nitrogen and oxygen atoms in total. The first-order valence-corrected chi connectivity index (χ1v) is 11.4. The van der Waals surface area contributed by atoms with Crippen molar-refractivity contribution in [2.45, 2.75) is 37.3 Å². The third-order valence-corrected chi connectivity index (χ3v) is 6.18. The zero-order valence-electron chi connectivity index (χ0n) is 18.3. The van der Waals surface area contributed by atoms with Gasteiger partial charge in [-0.3, -0.25) is 0 Å². The summed E-state index contributed by atoms with van der Waals surface area (Å²) in [6.07, 6.45) is 2.33. The van der Waals surface area contributed by atoms with Gasteiger partial charge in [-0.2, -0.15) is 0 Å². The van der Waals surface area contributed by atoms with Crippen LogP contribution < -0.4 is 5.32 Å². The number of aromatic nitrogens is 2.